The van der Waals surface area contributed by atoms with Gasteiger partial charge in [0.1, 0.15) is 4.20 Å². The summed E-state index contributed by atoms with van der Waals surface area (Å²) in [6.45, 7) is 0. The fourth-order valence-electron chi connectivity index (χ4n) is 3.23. The molecular weight excluding hydrogens is 394 g/mol. The molecule has 2 nitrogen and oxygen atoms in total. The number of benzene rings is 3. The third kappa shape index (κ3) is 4.39. The second kappa shape index (κ2) is 9.03. The first-order valence-corrected chi connectivity index (χ1v) is 10.7. The number of pyridine rings is 1. The van der Waals surface area contributed by atoms with Gasteiger partial charge in [-0.25, -0.2) is 0 Å². The lowest BCUT2D eigenvalue weighted by Gasteiger charge is -2.09. The minimum absolute atomic E-state index is 0.178. The van der Waals surface area contributed by atoms with E-state index in [2.05, 4.69) is 42.5 Å². The molecule has 4 aromatic rings. The normalized spacial score (nSPS) is 11.9. The SMILES string of the molecule is O/C(=C(\C(=S)SCc1cccc2ccccc12)[n+]1ccccc1)c1ccccc1. The van der Waals surface area contributed by atoms with E-state index < -0.39 is 0 Å². The Hall–Kier alpha value is -2.95. The van der Waals surface area contributed by atoms with Gasteiger partial charge < -0.3 is 5.11 Å². The molecule has 0 unspecified atom stereocenters. The Morgan fingerprint density at radius 2 is 1.45 bits per heavy atom. The summed E-state index contributed by atoms with van der Waals surface area (Å²) in [5.74, 6) is 0.913. The molecule has 142 valence electrons. The van der Waals surface area contributed by atoms with Crippen LogP contribution in [0.15, 0.2) is 103 Å². The first kappa shape index (κ1) is 19.4. The first-order valence-electron chi connectivity index (χ1n) is 9.33. The molecule has 0 saturated heterocycles. The molecule has 0 saturated carbocycles. The van der Waals surface area contributed by atoms with E-state index >= 15 is 0 Å². The topological polar surface area (TPSA) is 24.1 Å². The van der Waals surface area contributed by atoms with Gasteiger partial charge in [-0.1, -0.05) is 91.1 Å². The summed E-state index contributed by atoms with van der Waals surface area (Å²) in [6, 6.07) is 30.0. The van der Waals surface area contributed by atoms with Crippen molar-refractivity contribution in [2.24, 2.45) is 0 Å². The summed E-state index contributed by atoms with van der Waals surface area (Å²) in [4.78, 5) is 0. The van der Waals surface area contributed by atoms with Crippen molar-refractivity contribution in [2.75, 3.05) is 0 Å². The Morgan fingerprint density at radius 3 is 2.24 bits per heavy atom. The van der Waals surface area contributed by atoms with Crippen molar-refractivity contribution in [3.05, 3.63) is 115 Å². The van der Waals surface area contributed by atoms with Gasteiger partial charge in [-0.05, 0) is 16.3 Å². The van der Waals surface area contributed by atoms with Crippen LogP contribution < -0.4 is 4.57 Å². The summed E-state index contributed by atoms with van der Waals surface area (Å²) in [5.41, 5.74) is 2.59. The standard InChI is InChI=1S/C25H19NOS2/c27-24(20-11-3-1-4-12-20)23(26-16-7-2-8-17-26)25(28)29-18-21-14-9-13-19-10-5-6-15-22(19)21/h1-17H,18H2/p+1. The van der Waals surface area contributed by atoms with Crippen LogP contribution in [0, 0.1) is 0 Å². The molecule has 0 bridgehead atoms. The second-order valence-electron chi connectivity index (χ2n) is 6.56. The average molecular weight is 415 g/mol. The zero-order valence-corrected chi connectivity index (χ0v) is 17.4. The van der Waals surface area contributed by atoms with Crippen LogP contribution in [0.1, 0.15) is 11.1 Å². The van der Waals surface area contributed by atoms with Crippen molar-refractivity contribution in [3.63, 3.8) is 0 Å². The molecule has 1 aromatic heterocycles. The molecule has 0 fully saturated rings. The van der Waals surface area contributed by atoms with E-state index in [1.165, 1.54) is 16.3 Å². The summed E-state index contributed by atoms with van der Waals surface area (Å²) in [6.07, 6.45) is 3.80. The molecule has 3 aromatic carbocycles. The highest BCUT2D eigenvalue weighted by Crippen LogP contribution is 2.27. The molecule has 1 N–H and O–H groups in total. The van der Waals surface area contributed by atoms with E-state index in [0.717, 1.165) is 11.3 Å². The van der Waals surface area contributed by atoms with Crippen LogP contribution in [0.2, 0.25) is 0 Å². The minimum atomic E-state index is 0.178. The van der Waals surface area contributed by atoms with E-state index in [-0.39, 0.29) is 5.76 Å². The molecule has 29 heavy (non-hydrogen) atoms. The molecule has 0 aliphatic rings. The van der Waals surface area contributed by atoms with Gasteiger partial charge in [0.15, 0.2) is 18.2 Å². The van der Waals surface area contributed by atoms with Crippen LogP contribution in [-0.4, -0.2) is 9.30 Å². The molecule has 4 rings (SSSR count). The van der Waals surface area contributed by atoms with Gasteiger partial charge in [0, 0.05) is 23.4 Å². The predicted octanol–water partition coefficient (Wildman–Crippen LogP) is 6.27. The molecule has 0 spiro atoms. The maximum atomic E-state index is 11.0. The van der Waals surface area contributed by atoms with Crippen molar-refractivity contribution < 1.29 is 9.67 Å². The highest BCUT2D eigenvalue weighted by molar-refractivity contribution is 8.23. The number of aliphatic hydroxyl groups excluding tert-OH is 1. The van der Waals surface area contributed by atoms with Gasteiger partial charge in [0.05, 0.1) is 0 Å². The zero-order valence-electron chi connectivity index (χ0n) is 15.7. The number of fused-ring (bicyclic) bond motifs is 1. The lowest BCUT2D eigenvalue weighted by molar-refractivity contribution is -0.575. The van der Waals surface area contributed by atoms with Crippen LogP contribution in [0.5, 0.6) is 0 Å². The molecular formula is C25H20NOS2+. The fourth-order valence-corrected chi connectivity index (χ4v) is 4.49. The van der Waals surface area contributed by atoms with Gasteiger partial charge in [-0.2, -0.15) is 4.57 Å². The third-order valence-corrected chi connectivity index (χ3v) is 6.14. The van der Waals surface area contributed by atoms with Gasteiger partial charge in [-0.15, -0.1) is 11.8 Å². The van der Waals surface area contributed by atoms with E-state index in [9.17, 15) is 5.11 Å². The van der Waals surface area contributed by atoms with Crippen molar-refractivity contribution in [2.45, 2.75) is 5.75 Å². The second-order valence-corrected chi connectivity index (χ2v) is 8.21. The van der Waals surface area contributed by atoms with Crippen LogP contribution >= 0.6 is 24.0 Å². The Labute approximate surface area is 180 Å². The summed E-state index contributed by atoms with van der Waals surface area (Å²) >= 11 is 7.34. The Morgan fingerprint density at radius 1 is 0.793 bits per heavy atom. The van der Waals surface area contributed by atoms with Crippen molar-refractivity contribution in [1.82, 2.24) is 0 Å². The highest BCUT2D eigenvalue weighted by atomic mass is 32.2. The minimum Gasteiger partial charge on any atom is -0.502 e. The summed E-state index contributed by atoms with van der Waals surface area (Å²) in [5, 5.41) is 13.5. The number of hydrogen-bond acceptors (Lipinski definition) is 3. The Kier molecular flexibility index (Phi) is 6.03. The van der Waals surface area contributed by atoms with Gasteiger partial charge >= 0.3 is 0 Å². The van der Waals surface area contributed by atoms with Gasteiger partial charge in [-0.3, -0.25) is 0 Å². The molecule has 4 heteroatoms. The summed E-state index contributed by atoms with van der Waals surface area (Å²) in [7, 11) is 0. The lowest BCUT2D eigenvalue weighted by Crippen LogP contribution is -2.35. The largest absolute Gasteiger partial charge is 0.502 e. The van der Waals surface area contributed by atoms with Crippen molar-refractivity contribution in [3.8, 4) is 0 Å². The van der Waals surface area contributed by atoms with Crippen LogP contribution in [0.4, 0.5) is 0 Å². The predicted molar refractivity (Wildman–Crippen MR) is 127 cm³/mol. The molecule has 0 amide bonds. The molecule has 1 heterocycles. The number of thioether (sulfide) groups is 1. The van der Waals surface area contributed by atoms with Crippen molar-refractivity contribution in [1.29, 1.82) is 0 Å². The molecule has 0 atom stereocenters. The summed E-state index contributed by atoms with van der Waals surface area (Å²) < 4.78 is 2.52. The maximum Gasteiger partial charge on any atom is 0.278 e. The number of rotatable bonds is 5. The number of hydrogen-bond donors (Lipinski definition) is 1. The monoisotopic (exact) mass is 414 g/mol. The van der Waals surface area contributed by atoms with Gasteiger partial charge in [0.2, 0.25) is 0 Å². The van der Waals surface area contributed by atoms with E-state index in [1.54, 1.807) is 11.8 Å². The Balaban J connectivity index is 1.67. The third-order valence-electron chi connectivity index (χ3n) is 4.68. The number of aliphatic hydroxyl groups is 1. The van der Waals surface area contributed by atoms with Gasteiger partial charge in [0.25, 0.3) is 5.70 Å². The smallest absolute Gasteiger partial charge is 0.278 e. The maximum absolute atomic E-state index is 11.0. The van der Waals surface area contributed by atoms with E-state index in [0.29, 0.717) is 9.89 Å². The van der Waals surface area contributed by atoms with Crippen LogP contribution in [0.25, 0.3) is 22.2 Å². The zero-order chi connectivity index (χ0) is 20.1. The number of thiocarbonyl (C=S) groups is 1. The first-order chi connectivity index (χ1) is 14.2. The van der Waals surface area contributed by atoms with Crippen LogP contribution in [-0.2, 0) is 5.75 Å². The number of nitrogens with zero attached hydrogens (tertiary/aromatic N) is 1. The van der Waals surface area contributed by atoms with E-state index in [1.807, 2.05) is 65.5 Å². The quantitative estimate of drug-likeness (QED) is 0.180. The molecule has 0 aliphatic carbocycles. The van der Waals surface area contributed by atoms with Crippen LogP contribution in [0.3, 0.4) is 0 Å². The average Bonchev–Trinajstić information content (AvgIpc) is 2.79. The molecule has 0 aliphatic heterocycles. The Bertz CT molecular complexity index is 1170. The fraction of sp³-hybridized carbons (Fsp3) is 0.0400. The molecule has 0 radical (unpaired) electrons. The lowest BCUT2D eigenvalue weighted by atomic mass is 10.1. The van der Waals surface area contributed by atoms with E-state index in [4.69, 9.17) is 12.2 Å². The van der Waals surface area contributed by atoms with Crippen molar-refractivity contribution >= 4 is 50.4 Å². The highest BCUT2D eigenvalue weighted by Gasteiger charge is 2.23. The number of aromatic nitrogens is 1.